The lowest BCUT2D eigenvalue weighted by Crippen LogP contribution is -2.40. The summed E-state index contributed by atoms with van der Waals surface area (Å²) in [5, 5.41) is 9.41. The molecular weight excluding hydrogens is 272 g/mol. The SMILES string of the molecule is CC1(c2ccc(Br)cc2)OC(O)C=CC1=O. The molecule has 1 aliphatic heterocycles. The van der Waals surface area contributed by atoms with Gasteiger partial charge in [-0.15, -0.1) is 0 Å². The molecule has 2 atom stereocenters. The fourth-order valence-electron chi connectivity index (χ4n) is 1.65. The normalized spacial score (nSPS) is 29.4. The van der Waals surface area contributed by atoms with Crippen LogP contribution in [0.3, 0.4) is 0 Å². The first-order chi connectivity index (χ1) is 7.52. The van der Waals surface area contributed by atoms with Crippen LogP contribution in [0.1, 0.15) is 12.5 Å². The van der Waals surface area contributed by atoms with Crippen LogP contribution in [0, 0.1) is 0 Å². The lowest BCUT2D eigenvalue weighted by atomic mass is 9.89. The number of aliphatic hydroxyl groups is 1. The maximum absolute atomic E-state index is 11.8. The summed E-state index contributed by atoms with van der Waals surface area (Å²) in [7, 11) is 0. The average molecular weight is 283 g/mol. The third-order valence-electron chi connectivity index (χ3n) is 2.63. The largest absolute Gasteiger partial charge is 0.365 e. The fourth-order valence-corrected chi connectivity index (χ4v) is 1.91. The zero-order valence-corrected chi connectivity index (χ0v) is 10.3. The minimum absolute atomic E-state index is 0.167. The van der Waals surface area contributed by atoms with E-state index in [1.165, 1.54) is 12.2 Å². The molecule has 0 saturated carbocycles. The van der Waals surface area contributed by atoms with Gasteiger partial charge in [0, 0.05) is 4.47 Å². The van der Waals surface area contributed by atoms with Gasteiger partial charge in [0.1, 0.15) is 0 Å². The molecule has 0 fully saturated rings. The maximum Gasteiger partial charge on any atom is 0.191 e. The van der Waals surface area contributed by atoms with E-state index in [1.54, 1.807) is 19.1 Å². The Morgan fingerprint density at radius 1 is 1.38 bits per heavy atom. The summed E-state index contributed by atoms with van der Waals surface area (Å²) >= 11 is 3.32. The van der Waals surface area contributed by atoms with Crippen molar-refractivity contribution in [3.8, 4) is 0 Å². The topological polar surface area (TPSA) is 46.5 Å². The number of ether oxygens (including phenoxy) is 1. The number of carbonyl (C=O) groups is 1. The summed E-state index contributed by atoms with van der Waals surface area (Å²) in [6.07, 6.45) is 1.66. The molecule has 2 rings (SSSR count). The van der Waals surface area contributed by atoms with Gasteiger partial charge >= 0.3 is 0 Å². The predicted molar refractivity (Wildman–Crippen MR) is 62.7 cm³/mol. The first-order valence-corrected chi connectivity index (χ1v) is 5.66. The first-order valence-electron chi connectivity index (χ1n) is 4.87. The van der Waals surface area contributed by atoms with Crippen molar-refractivity contribution in [1.82, 2.24) is 0 Å². The van der Waals surface area contributed by atoms with Gasteiger partial charge in [0.15, 0.2) is 17.7 Å². The molecule has 0 aromatic heterocycles. The van der Waals surface area contributed by atoms with E-state index in [2.05, 4.69) is 15.9 Å². The third kappa shape index (κ3) is 1.96. The molecular formula is C12H11BrO3. The number of ketones is 1. The molecule has 1 heterocycles. The van der Waals surface area contributed by atoms with Gasteiger partial charge in [0.05, 0.1) is 0 Å². The Balaban J connectivity index is 2.41. The van der Waals surface area contributed by atoms with E-state index >= 15 is 0 Å². The Kier molecular flexibility index (Phi) is 2.97. The Morgan fingerprint density at radius 3 is 2.62 bits per heavy atom. The van der Waals surface area contributed by atoms with Crippen LogP contribution >= 0.6 is 15.9 Å². The Morgan fingerprint density at radius 2 is 2.00 bits per heavy atom. The Hall–Kier alpha value is -0.970. The van der Waals surface area contributed by atoms with Crippen LogP contribution in [0.2, 0.25) is 0 Å². The second kappa shape index (κ2) is 4.13. The molecule has 0 bridgehead atoms. The second-order valence-corrected chi connectivity index (χ2v) is 4.69. The zero-order valence-electron chi connectivity index (χ0n) is 8.68. The number of rotatable bonds is 1. The third-order valence-corrected chi connectivity index (χ3v) is 3.16. The van der Waals surface area contributed by atoms with Crippen molar-refractivity contribution in [2.24, 2.45) is 0 Å². The van der Waals surface area contributed by atoms with Crippen LogP contribution in [-0.4, -0.2) is 17.2 Å². The molecule has 2 unspecified atom stereocenters. The monoisotopic (exact) mass is 282 g/mol. The van der Waals surface area contributed by atoms with Crippen molar-refractivity contribution in [3.63, 3.8) is 0 Å². The molecule has 0 radical (unpaired) electrons. The summed E-state index contributed by atoms with van der Waals surface area (Å²) in [6.45, 7) is 1.66. The van der Waals surface area contributed by atoms with Crippen LogP contribution in [0.15, 0.2) is 40.9 Å². The van der Waals surface area contributed by atoms with Gasteiger partial charge < -0.3 is 9.84 Å². The van der Waals surface area contributed by atoms with E-state index in [4.69, 9.17) is 4.74 Å². The van der Waals surface area contributed by atoms with Gasteiger partial charge in [-0.2, -0.15) is 0 Å². The van der Waals surface area contributed by atoms with E-state index in [1.807, 2.05) is 12.1 Å². The van der Waals surface area contributed by atoms with Crippen LogP contribution in [-0.2, 0) is 15.1 Å². The van der Waals surface area contributed by atoms with Crippen molar-refractivity contribution >= 4 is 21.7 Å². The van der Waals surface area contributed by atoms with Gasteiger partial charge in [0.2, 0.25) is 0 Å². The number of carbonyl (C=O) groups excluding carboxylic acids is 1. The molecule has 1 aromatic carbocycles. The highest BCUT2D eigenvalue weighted by Crippen LogP contribution is 2.31. The smallest absolute Gasteiger partial charge is 0.191 e. The van der Waals surface area contributed by atoms with Crippen molar-refractivity contribution in [3.05, 3.63) is 46.5 Å². The summed E-state index contributed by atoms with van der Waals surface area (Å²) < 4.78 is 6.25. The number of aliphatic hydroxyl groups excluding tert-OH is 1. The van der Waals surface area contributed by atoms with Crippen LogP contribution < -0.4 is 0 Å². The number of benzene rings is 1. The molecule has 1 N–H and O–H groups in total. The maximum atomic E-state index is 11.8. The minimum atomic E-state index is -1.10. The summed E-state index contributed by atoms with van der Waals surface area (Å²) in [5.41, 5.74) is -0.376. The van der Waals surface area contributed by atoms with E-state index < -0.39 is 11.9 Å². The van der Waals surface area contributed by atoms with Gasteiger partial charge in [-0.25, -0.2) is 0 Å². The molecule has 0 saturated heterocycles. The molecule has 0 spiro atoms. The van der Waals surface area contributed by atoms with Crippen LogP contribution in [0.5, 0.6) is 0 Å². The van der Waals surface area contributed by atoms with Gasteiger partial charge in [-0.1, -0.05) is 28.1 Å². The summed E-state index contributed by atoms with van der Waals surface area (Å²) in [5.74, 6) is -0.167. The molecule has 4 heteroatoms. The van der Waals surface area contributed by atoms with Crippen molar-refractivity contribution in [2.45, 2.75) is 18.8 Å². The molecule has 0 amide bonds. The second-order valence-electron chi connectivity index (χ2n) is 3.77. The standard InChI is InChI=1S/C12H11BrO3/c1-12(8-2-4-9(13)5-3-8)10(14)6-7-11(15)16-12/h2-7,11,15H,1H3. The predicted octanol–water partition coefficient (Wildman–Crippen LogP) is 2.14. The number of halogens is 1. The van der Waals surface area contributed by atoms with E-state index in [0.717, 1.165) is 10.0 Å². The van der Waals surface area contributed by atoms with Gasteiger partial charge in [0.25, 0.3) is 0 Å². The highest BCUT2D eigenvalue weighted by molar-refractivity contribution is 9.10. The minimum Gasteiger partial charge on any atom is -0.365 e. The molecule has 3 nitrogen and oxygen atoms in total. The Bertz CT molecular complexity index is 438. The lowest BCUT2D eigenvalue weighted by Gasteiger charge is -2.32. The molecule has 16 heavy (non-hydrogen) atoms. The Labute approximate surface area is 102 Å². The lowest BCUT2D eigenvalue weighted by molar-refractivity contribution is -0.177. The zero-order chi connectivity index (χ0) is 11.8. The molecule has 0 aliphatic carbocycles. The van der Waals surface area contributed by atoms with Crippen molar-refractivity contribution in [2.75, 3.05) is 0 Å². The fraction of sp³-hybridized carbons (Fsp3) is 0.250. The quantitative estimate of drug-likeness (QED) is 0.859. The van der Waals surface area contributed by atoms with Gasteiger partial charge in [-0.05, 0) is 36.8 Å². The van der Waals surface area contributed by atoms with Gasteiger partial charge in [-0.3, -0.25) is 4.79 Å². The molecule has 1 aromatic rings. The highest BCUT2D eigenvalue weighted by atomic mass is 79.9. The van der Waals surface area contributed by atoms with E-state index in [-0.39, 0.29) is 5.78 Å². The molecule has 84 valence electrons. The molecule has 1 aliphatic rings. The number of hydrogen-bond donors (Lipinski definition) is 1. The first kappa shape index (κ1) is 11.5. The number of hydrogen-bond acceptors (Lipinski definition) is 3. The highest BCUT2D eigenvalue weighted by Gasteiger charge is 2.38. The van der Waals surface area contributed by atoms with Crippen molar-refractivity contribution < 1.29 is 14.6 Å². The van der Waals surface area contributed by atoms with Crippen molar-refractivity contribution in [1.29, 1.82) is 0 Å². The average Bonchev–Trinajstić information content (AvgIpc) is 2.25. The van der Waals surface area contributed by atoms with Crippen LogP contribution in [0.25, 0.3) is 0 Å². The van der Waals surface area contributed by atoms with Crippen LogP contribution in [0.4, 0.5) is 0 Å². The van der Waals surface area contributed by atoms with E-state index in [9.17, 15) is 9.90 Å². The van der Waals surface area contributed by atoms with E-state index in [0.29, 0.717) is 0 Å². The summed E-state index contributed by atoms with van der Waals surface area (Å²) in [4.78, 5) is 11.8. The summed E-state index contributed by atoms with van der Waals surface area (Å²) in [6, 6.07) is 7.27.